The molecule has 3 heteroatoms. The lowest BCUT2D eigenvalue weighted by molar-refractivity contribution is -0.116. The van der Waals surface area contributed by atoms with Crippen molar-refractivity contribution in [3.8, 4) is 0 Å². The molecule has 4 aliphatic carbocycles. The van der Waals surface area contributed by atoms with E-state index in [1.54, 1.807) is 5.01 Å². The monoisotopic (exact) mass is 308 g/mol. The number of carbonyl (C=O) groups excluding carboxylic acids is 1. The second-order valence-corrected chi connectivity index (χ2v) is 8.48. The van der Waals surface area contributed by atoms with Crippen molar-refractivity contribution < 1.29 is 4.79 Å². The summed E-state index contributed by atoms with van der Waals surface area (Å²) in [6.45, 7) is 0. The van der Waals surface area contributed by atoms with Gasteiger partial charge in [-0.2, -0.15) is 5.10 Å². The molecule has 0 saturated heterocycles. The van der Waals surface area contributed by atoms with Crippen LogP contribution < -0.4 is 5.01 Å². The minimum absolute atomic E-state index is 0.135. The van der Waals surface area contributed by atoms with Gasteiger partial charge in [0, 0.05) is 5.71 Å². The van der Waals surface area contributed by atoms with Crippen LogP contribution in [0, 0.1) is 23.2 Å². The van der Waals surface area contributed by atoms with Crippen molar-refractivity contribution >= 4 is 17.3 Å². The average molecular weight is 308 g/mol. The molecule has 0 N–H and O–H groups in total. The third-order valence-corrected chi connectivity index (χ3v) is 6.58. The van der Waals surface area contributed by atoms with Crippen molar-refractivity contribution in [1.82, 2.24) is 0 Å². The minimum Gasteiger partial charge on any atom is -0.272 e. The third-order valence-electron chi connectivity index (χ3n) is 6.58. The number of para-hydroxylation sites is 1. The highest BCUT2D eigenvalue weighted by Gasteiger charge is 2.51. The van der Waals surface area contributed by atoms with Gasteiger partial charge in [-0.05, 0) is 80.2 Å². The number of hydrazone groups is 1. The summed E-state index contributed by atoms with van der Waals surface area (Å²) >= 11 is 0. The Labute approximate surface area is 137 Å². The topological polar surface area (TPSA) is 32.7 Å². The lowest BCUT2D eigenvalue weighted by atomic mass is 9.48. The standard InChI is InChI=1S/C20H24N2O/c23-19-9-17(21-22(19)18-4-2-1-3-5-18)13-20-10-14-6-15(11-20)8-16(7-14)12-20/h1-5,14-16H,6-13H2. The number of carbonyl (C=O) groups is 1. The van der Waals surface area contributed by atoms with Crippen LogP contribution >= 0.6 is 0 Å². The predicted molar refractivity (Wildman–Crippen MR) is 91.2 cm³/mol. The summed E-state index contributed by atoms with van der Waals surface area (Å²) in [6.07, 6.45) is 10.2. The molecule has 4 saturated carbocycles. The van der Waals surface area contributed by atoms with Crippen LogP contribution in [0.2, 0.25) is 0 Å². The molecular weight excluding hydrogens is 284 g/mol. The fraction of sp³-hybridized carbons (Fsp3) is 0.600. The van der Waals surface area contributed by atoms with E-state index in [0.29, 0.717) is 11.8 Å². The van der Waals surface area contributed by atoms with Crippen LogP contribution in [0.25, 0.3) is 0 Å². The zero-order chi connectivity index (χ0) is 15.4. The lowest BCUT2D eigenvalue weighted by Gasteiger charge is -2.57. The molecule has 1 aliphatic heterocycles. The SMILES string of the molecule is O=C1CC(CC23CC4CC(CC(C4)C2)C3)=NN1c1ccccc1. The van der Waals surface area contributed by atoms with Crippen molar-refractivity contribution in [2.24, 2.45) is 28.3 Å². The average Bonchev–Trinajstić information content (AvgIpc) is 2.86. The van der Waals surface area contributed by atoms with E-state index < -0.39 is 0 Å². The van der Waals surface area contributed by atoms with Gasteiger partial charge in [0.2, 0.25) is 0 Å². The molecule has 3 nitrogen and oxygen atoms in total. The Balaban J connectivity index is 1.38. The molecule has 1 heterocycles. The first kappa shape index (κ1) is 13.8. The molecule has 6 rings (SSSR count). The lowest BCUT2D eigenvalue weighted by Crippen LogP contribution is -2.46. The summed E-state index contributed by atoms with van der Waals surface area (Å²) in [4.78, 5) is 12.4. The highest BCUT2D eigenvalue weighted by Crippen LogP contribution is 2.61. The molecule has 0 radical (unpaired) electrons. The van der Waals surface area contributed by atoms with Crippen LogP contribution in [0.4, 0.5) is 5.69 Å². The molecule has 5 aliphatic rings. The van der Waals surface area contributed by atoms with Crippen LogP contribution in [0.5, 0.6) is 0 Å². The maximum atomic E-state index is 12.4. The Morgan fingerprint density at radius 3 is 2.22 bits per heavy atom. The van der Waals surface area contributed by atoms with E-state index >= 15 is 0 Å². The van der Waals surface area contributed by atoms with E-state index in [4.69, 9.17) is 5.10 Å². The van der Waals surface area contributed by atoms with Crippen LogP contribution in [-0.2, 0) is 4.79 Å². The van der Waals surface area contributed by atoms with Crippen molar-refractivity contribution in [3.05, 3.63) is 30.3 Å². The van der Waals surface area contributed by atoms with Gasteiger partial charge in [0.1, 0.15) is 0 Å². The molecule has 0 spiro atoms. The largest absolute Gasteiger partial charge is 0.272 e. The summed E-state index contributed by atoms with van der Waals surface area (Å²) in [5.41, 5.74) is 2.50. The smallest absolute Gasteiger partial charge is 0.253 e. The molecule has 4 bridgehead atoms. The molecule has 1 aromatic carbocycles. The van der Waals surface area contributed by atoms with Crippen molar-refractivity contribution in [1.29, 1.82) is 0 Å². The number of rotatable bonds is 3. The highest BCUT2D eigenvalue weighted by atomic mass is 16.2. The van der Waals surface area contributed by atoms with Gasteiger partial charge in [-0.3, -0.25) is 4.79 Å². The highest BCUT2D eigenvalue weighted by molar-refractivity contribution is 6.13. The Morgan fingerprint density at radius 1 is 1.00 bits per heavy atom. The number of benzene rings is 1. The van der Waals surface area contributed by atoms with Gasteiger partial charge in [0.15, 0.2) is 0 Å². The molecular formula is C20H24N2O. The first-order valence-corrected chi connectivity index (χ1v) is 9.13. The number of hydrogen-bond donors (Lipinski definition) is 0. The molecule has 1 aromatic rings. The maximum Gasteiger partial charge on any atom is 0.253 e. The van der Waals surface area contributed by atoms with E-state index in [0.717, 1.165) is 35.6 Å². The number of amides is 1. The van der Waals surface area contributed by atoms with Crippen molar-refractivity contribution in [2.45, 2.75) is 51.4 Å². The summed E-state index contributed by atoms with van der Waals surface area (Å²) in [5.74, 6) is 3.02. The van der Waals surface area contributed by atoms with Crippen LogP contribution in [-0.4, -0.2) is 11.6 Å². The summed E-state index contributed by atoms with van der Waals surface area (Å²) in [6, 6.07) is 9.85. The van der Waals surface area contributed by atoms with Gasteiger partial charge >= 0.3 is 0 Å². The fourth-order valence-electron chi connectivity index (χ4n) is 6.29. The van der Waals surface area contributed by atoms with Gasteiger partial charge in [-0.15, -0.1) is 0 Å². The molecule has 4 fully saturated rings. The predicted octanol–water partition coefficient (Wildman–Crippen LogP) is 4.39. The van der Waals surface area contributed by atoms with Crippen molar-refractivity contribution in [2.75, 3.05) is 5.01 Å². The quantitative estimate of drug-likeness (QED) is 0.815. The summed E-state index contributed by atoms with van der Waals surface area (Å²) < 4.78 is 0. The van der Waals surface area contributed by atoms with Gasteiger partial charge < -0.3 is 0 Å². The summed E-state index contributed by atoms with van der Waals surface area (Å²) in [7, 11) is 0. The molecule has 0 unspecified atom stereocenters. The van der Waals surface area contributed by atoms with E-state index in [2.05, 4.69) is 0 Å². The molecule has 23 heavy (non-hydrogen) atoms. The second kappa shape index (κ2) is 4.93. The third kappa shape index (κ3) is 2.32. The second-order valence-electron chi connectivity index (χ2n) is 8.48. The minimum atomic E-state index is 0.135. The van der Waals surface area contributed by atoms with E-state index in [-0.39, 0.29) is 5.91 Å². The Kier molecular flexibility index (Phi) is 2.95. The van der Waals surface area contributed by atoms with E-state index in [1.165, 1.54) is 38.5 Å². The van der Waals surface area contributed by atoms with Crippen LogP contribution in [0.1, 0.15) is 51.4 Å². The van der Waals surface area contributed by atoms with Gasteiger partial charge in [-0.25, -0.2) is 5.01 Å². The fourth-order valence-corrected chi connectivity index (χ4v) is 6.29. The summed E-state index contributed by atoms with van der Waals surface area (Å²) in [5, 5.41) is 6.34. The first-order valence-electron chi connectivity index (χ1n) is 9.13. The van der Waals surface area contributed by atoms with E-state index in [1.807, 2.05) is 30.3 Å². The Bertz CT molecular complexity index is 628. The first-order chi connectivity index (χ1) is 11.2. The van der Waals surface area contributed by atoms with Crippen LogP contribution in [0.3, 0.4) is 0 Å². The number of hydrogen-bond acceptors (Lipinski definition) is 2. The zero-order valence-electron chi connectivity index (χ0n) is 13.6. The molecule has 120 valence electrons. The Hall–Kier alpha value is -1.64. The normalized spacial score (nSPS) is 38.3. The Morgan fingerprint density at radius 2 is 1.61 bits per heavy atom. The van der Waals surface area contributed by atoms with Crippen LogP contribution in [0.15, 0.2) is 35.4 Å². The molecule has 1 amide bonds. The van der Waals surface area contributed by atoms with Gasteiger partial charge in [0.05, 0.1) is 12.1 Å². The number of nitrogens with zero attached hydrogens (tertiary/aromatic N) is 2. The van der Waals surface area contributed by atoms with E-state index in [9.17, 15) is 4.79 Å². The maximum absolute atomic E-state index is 12.4. The molecule has 0 aromatic heterocycles. The molecule has 0 atom stereocenters. The van der Waals surface area contributed by atoms with Gasteiger partial charge in [0.25, 0.3) is 5.91 Å². The zero-order valence-corrected chi connectivity index (χ0v) is 13.6. The van der Waals surface area contributed by atoms with Gasteiger partial charge in [-0.1, -0.05) is 18.2 Å². The van der Waals surface area contributed by atoms with Crippen molar-refractivity contribution in [3.63, 3.8) is 0 Å². The number of anilines is 1.